The van der Waals surface area contributed by atoms with Crippen molar-refractivity contribution in [3.05, 3.63) is 9.66 Å². The van der Waals surface area contributed by atoms with Gasteiger partial charge in [0.15, 0.2) is 0 Å². The Hall–Kier alpha value is -0.100. The van der Waals surface area contributed by atoms with Gasteiger partial charge in [-0.15, -0.1) is 0 Å². The summed E-state index contributed by atoms with van der Waals surface area (Å²) in [5.41, 5.74) is 0.865. The van der Waals surface area contributed by atoms with Crippen LogP contribution >= 0.6 is 22.6 Å². The van der Waals surface area contributed by atoms with E-state index >= 15 is 0 Å². The molecule has 1 fully saturated rings. The third-order valence-corrected chi connectivity index (χ3v) is 3.71. The van der Waals surface area contributed by atoms with Gasteiger partial charge in [-0.2, -0.15) is 0 Å². The summed E-state index contributed by atoms with van der Waals surface area (Å²) in [5, 5.41) is 1.45. The maximum Gasteiger partial charge on any atom is 0.256 e. The first-order valence-corrected chi connectivity index (χ1v) is 6.65. The van der Waals surface area contributed by atoms with Crippen molar-refractivity contribution in [3.63, 3.8) is 0 Å². The predicted octanol–water partition coefficient (Wildman–Crippen LogP) is 3.15. The standard InChI is InChI=1S/C12H20INO2/c1-11(2,3)8-12(4)9(6-13)7-14(16-5)10(12)15/h6H,7-8H2,1-5H3/b9-6+. The van der Waals surface area contributed by atoms with E-state index in [1.807, 2.05) is 11.0 Å². The second-order valence-corrected chi connectivity index (χ2v) is 6.35. The highest BCUT2D eigenvalue weighted by Crippen LogP contribution is 2.45. The fourth-order valence-electron chi connectivity index (χ4n) is 2.37. The Morgan fingerprint density at radius 2 is 2.12 bits per heavy atom. The lowest BCUT2D eigenvalue weighted by Gasteiger charge is -2.31. The molecule has 4 heteroatoms. The Morgan fingerprint density at radius 1 is 1.56 bits per heavy atom. The van der Waals surface area contributed by atoms with E-state index < -0.39 is 5.41 Å². The third kappa shape index (κ3) is 2.59. The molecule has 0 N–H and O–H groups in total. The maximum absolute atomic E-state index is 12.3. The van der Waals surface area contributed by atoms with E-state index in [0.29, 0.717) is 6.54 Å². The lowest BCUT2D eigenvalue weighted by Crippen LogP contribution is -2.35. The van der Waals surface area contributed by atoms with Gasteiger partial charge in [0.05, 0.1) is 19.1 Å². The minimum Gasteiger partial charge on any atom is -0.274 e. The minimum atomic E-state index is -0.407. The van der Waals surface area contributed by atoms with Gasteiger partial charge in [0.1, 0.15) is 0 Å². The van der Waals surface area contributed by atoms with Crippen molar-refractivity contribution in [3.8, 4) is 0 Å². The number of rotatable bonds is 2. The van der Waals surface area contributed by atoms with Crippen molar-refractivity contribution >= 4 is 28.5 Å². The summed E-state index contributed by atoms with van der Waals surface area (Å²) in [6.45, 7) is 9.08. The van der Waals surface area contributed by atoms with Crippen LogP contribution in [0.25, 0.3) is 0 Å². The van der Waals surface area contributed by atoms with Gasteiger partial charge < -0.3 is 0 Å². The molecular formula is C12H20INO2. The number of hydrogen-bond acceptors (Lipinski definition) is 2. The molecule has 0 aliphatic carbocycles. The first-order valence-electron chi connectivity index (χ1n) is 5.40. The lowest BCUT2D eigenvalue weighted by atomic mass is 9.72. The number of carbonyl (C=O) groups is 1. The molecule has 1 amide bonds. The number of amides is 1. The molecule has 1 unspecified atom stereocenters. The molecule has 1 aliphatic rings. The van der Waals surface area contributed by atoms with Gasteiger partial charge in [0.2, 0.25) is 0 Å². The summed E-state index contributed by atoms with van der Waals surface area (Å²) in [6.07, 6.45) is 0.841. The number of hydrogen-bond donors (Lipinski definition) is 0. The van der Waals surface area contributed by atoms with E-state index in [4.69, 9.17) is 4.84 Å². The van der Waals surface area contributed by atoms with Crippen LogP contribution < -0.4 is 0 Å². The van der Waals surface area contributed by atoms with Crippen LogP contribution in [0.15, 0.2) is 9.66 Å². The molecule has 1 saturated heterocycles. The number of hydroxylamine groups is 2. The van der Waals surface area contributed by atoms with Gasteiger partial charge in [-0.05, 0) is 28.4 Å². The Balaban J connectivity index is 3.04. The molecule has 0 spiro atoms. The van der Waals surface area contributed by atoms with E-state index in [-0.39, 0.29) is 11.3 Å². The van der Waals surface area contributed by atoms with Gasteiger partial charge in [-0.3, -0.25) is 9.63 Å². The van der Waals surface area contributed by atoms with Crippen LogP contribution in [0.1, 0.15) is 34.1 Å². The highest BCUT2D eigenvalue weighted by atomic mass is 127. The third-order valence-electron chi connectivity index (χ3n) is 2.96. The average molecular weight is 337 g/mol. The van der Waals surface area contributed by atoms with Crippen LogP contribution in [0.5, 0.6) is 0 Å². The second kappa shape index (κ2) is 4.64. The summed E-state index contributed by atoms with van der Waals surface area (Å²) in [5.74, 6) is 0.0767. The van der Waals surface area contributed by atoms with Crippen LogP contribution in [0.2, 0.25) is 0 Å². The number of halogens is 1. The smallest absolute Gasteiger partial charge is 0.256 e. The molecular weight excluding hydrogens is 317 g/mol. The van der Waals surface area contributed by atoms with E-state index in [9.17, 15) is 4.79 Å². The van der Waals surface area contributed by atoms with Crippen molar-refractivity contribution in [2.45, 2.75) is 34.1 Å². The van der Waals surface area contributed by atoms with E-state index in [2.05, 4.69) is 43.4 Å². The van der Waals surface area contributed by atoms with Crippen molar-refractivity contribution in [2.24, 2.45) is 10.8 Å². The van der Waals surface area contributed by atoms with Crippen molar-refractivity contribution < 1.29 is 9.63 Å². The lowest BCUT2D eigenvalue weighted by molar-refractivity contribution is -0.173. The molecule has 1 aliphatic heterocycles. The molecule has 1 heterocycles. The molecule has 16 heavy (non-hydrogen) atoms. The largest absolute Gasteiger partial charge is 0.274 e. The van der Waals surface area contributed by atoms with E-state index in [0.717, 1.165) is 12.0 Å². The predicted molar refractivity (Wildman–Crippen MR) is 73.0 cm³/mol. The summed E-state index contributed by atoms with van der Waals surface area (Å²) < 4.78 is 2.01. The van der Waals surface area contributed by atoms with E-state index in [1.54, 1.807) is 7.11 Å². The maximum atomic E-state index is 12.3. The Morgan fingerprint density at radius 3 is 2.50 bits per heavy atom. The first kappa shape index (κ1) is 14.0. The molecule has 0 aromatic carbocycles. The van der Waals surface area contributed by atoms with Crippen LogP contribution in [0.4, 0.5) is 0 Å². The molecule has 0 bridgehead atoms. The van der Waals surface area contributed by atoms with Gasteiger partial charge in [0.25, 0.3) is 5.91 Å². The second-order valence-electron chi connectivity index (χ2n) is 5.73. The Kier molecular flexibility index (Phi) is 4.05. The number of nitrogens with zero attached hydrogens (tertiary/aromatic N) is 1. The molecule has 0 aromatic heterocycles. The van der Waals surface area contributed by atoms with Gasteiger partial charge >= 0.3 is 0 Å². The molecule has 0 radical (unpaired) electrons. The highest BCUT2D eigenvalue weighted by Gasteiger charge is 2.48. The van der Waals surface area contributed by atoms with Crippen LogP contribution in [-0.2, 0) is 9.63 Å². The van der Waals surface area contributed by atoms with Crippen molar-refractivity contribution in [1.82, 2.24) is 5.06 Å². The summed E-state index contributed by atoms with van der Waals surface area (Å²) in [7, 11) is 1.55. The highest BCUT2D eigenvalue weighted by molar-refractivity contribution is 14.1. The zero-order chi connectivity index (χ0) is 12.6. The van der Waals surface area contributed by atoms with Gasteiger partial charge in [-0.25, -0.2) is 5.06 Å². The molecule has 1 atom stereocenters. The summed E-state index contributed by atoms with van der Waals surface area (Å²) >= 11 is 2.21. The number of carbonyl (C=O) groups excluding carboxylic acids is 1. The zero-order valence-electron chi connectivity index (χ0n) is 10.6. The Labute approximate surface area is 111 Å². The quantitative estimate of drug-likeness (QED) is 0.725. The monoisotopic (exact) mass is 337 g/mol. The van der Waals surface area contributed by atoms with Crippen LogP contribution in [-0.4, -0.2) is 24.6 Å². The SMILES string of the molecule is CON1C/C(=C\I)C(C)(CC(C)(C)C)C1=O. The minimum absolute atomic E-state index is 0.0767. The fraction of sp³-hybridized carbons (Fsp3) is 0.750. The van der Waals surface area contributed by atoms with Crippen molar-refractivity contribution in [1.29, 1.82) is 0 Å². The van der Waals surface area contributed by atoms with Crippen molar-refractivity contribution in [2.75, 3.05) is 13.7 Å². The molecule has 0 saturated carbocycles. The Bertz CT molecular complexity index is 319. The van der Waals surface area contributed by atoms with Gasteiger partial charge in [-0.1, -0.05) is 43.4 Å². The topological polar surface area (TPSA) is 29.5 Å². The zero-order valence-corrected chi connectivity index (χ0v) is 12.8. The van der Waals surface area contributed by atoms with E-state index in [1.165, 1.54) is 5.06 Å². The van der Waals surface area contributed by atoms with Crippen LogP contribution in [0, 0.1) is 10.8 Å². The average Bonchev–Trinajstić information content (AvgIpc) is 2.37. The molecule has 0 aromatic rings. The first-order chi connectivity index (χ1) is 7.24. The fourth-order valence-corrected chi connectivity index (χ4v) is 3.25. The summed E-state index contributed by atoms with van der Waals surface area (Å²) in [4.78, 5) is 17.4. The summed E-state index contributed by atoms with van der Waals surface area (Å²) in [6, 6.07) is 0. The molecule has 1 rings (SSSR count). The van der Waals surface area contributed by atoms with Crippen LogP contribution in [0.3, 0.4) is 0 Å². The normalized spacial score (nSPS) is 29.2. The van der Waals surface area contributed by atoms with Gasteiger partial charge in [0, 0.05) is 0 Å². The molecule has 3 nitrogen and oxygen atoms in total. The molecule has 92 valence electrons.